The molecular weight excluding hydrogens is 732 g/mol. The van der Waals surface area contributed by atoms with E-state index in [-0.39, 0.29) is 19.1 Å². The van der Waals surface area contributed by atoms with E-state index < -0.39 is 20.0 Å². The highest BCUT2D eigenvalue weighted by atomic mass is 31.2. The predicted octanol–water partition coefficient (Wildman–Crippen LogP) is 13.9. The van der Waals surface area contributed by atoms with Gasteiger partial charge in [-0.1, -0.05) is 206 Å². The molecule has 0 aliphatic carbocycles. The molecular formula is C48H98N2O6P+. The monoisotopic (exact) mass is 830 g/mol. The number of rotatable bonds is 45. The highest BCUT2D eigenvalue weighted by Crippen LogP contribution is 2.43. The number of allylic oxidation sites excluding steroid dienone is 2. The first kappa shape index (κ1) is 56.2. The van der Waals surface area contributed by atoms with E-state index in [9.17, 15) is 19.4 Å². The Labute approximate surface area is 354 Å². The van der Waals surface area contributed by atoms with Crippen LogP contribution in [0.5, 0.6) is 0 Å². The van der Waals surface area contributed by atoms with Gasteiger partial charge in [0.25, 0.3) is 0 Å². The van der Waals surface area contributed by atoms with E-state index in [1.165, 1.54) is 173 Å². The van der Waals surface area contributed by atoms with Gasteiger partial charge in [0.2, 0.25) is 5.91 Å². The molecule has 0 saturated carbocycles. The molecule has 3 atom stereocenters. The molecule has 0 aliphatic rings. The fraction of sp³-hybridized carbons (Fsp3) is 0.938. The molecule has 340 valence electrons. The van der Waals surface area contributed by atoms with Gasteiger partial charge in [-0.25, -0.2) is 4.57 Å². The molecule has 0 fully saturated rings. The molecule has 0 aromatic carbocycles. The first-order valence-corrected chi connectivity index (χ1v) is 26.0. The van der Waals surface area contributed by atoms with Crippen molar-refractivity contribution >= 4 is 13.7 Å². The number of aliphatic hydroxyl groups is 1. The Bertz CT molecular complexity index is 942. The van der Waals surface area contributed by atoms with Gasteiger partial charge in [-0.05, 0) is 38.5 Å². The Morgan fingerprint density at radius 1 is 0.579 bits per heavy atom. The van der Waals surface area contributed by atoms with E-state index in [1.54, 1.807) is 0 Å². The van der Waals surface area contributed by atoms with Crippen LogP contribution < -0.4 is 5.32 Å². The number of carbonyl (C=O) groups is 1. The van der Waals surface area contributed by atoms with Crippen molar-refractivity contribution in [2.75, 3.05) is 40.9 Å². The summed E-state index contributed by atoms with van der Waals surface area (Å²) < 4.78 is 23.7. The average Bonchev–Trinajstić information content (AvgIpc) is 3.16. The normalized spacial score (nSPS) is 14.3. The Kier molecular flexibility index (Phi) is 40.1. The zero-order chi connectivity index (χ0) is 42.1. The van der Waals surface area contributed by atoms with Crippen molar-refractivity contribution in [1.29, 1.82) is 0 Å². The molecule has 57 heavy (non-hydrogen) atoms. The summed E-state index contributed by atoms with van der Waals surface area (Å²) in [5.74, 6) is -0.146. The number of nitrogens with zero attached hydrogens (tertiary/aromatic N) is 1. The van der Waals surface area contributed by atoms with Gasteiger partial charge >= 0.3 is 7.82 Å². The third kappa shape index (κ3) is 43.1. The van der Waals surface area contributed by atoms with E-state index in [0.29, 0.717) is 23.9 Å². The Balaban J connectivity index is 4.27. The minimum absolute atomic E-state index is 0.0759. The number of hydrogen-bond donors (Lipinski definition) is 3. The fourth-order valence-electron chi connectivity index (χ4n) is 7.34. The van der Waals surface area contributed by atoms with E-state index in [2.05, 4.69) is 31.3 Å². The van der Waals surface area contributed by atoms with Gasteiger partial charge in [0.05, 0.1) is 39.9 Å². The molecule has 9 heteroatoms. The fourth-order valence-corrected chi connectivity index (χ4v) is 8.07. The van der Waals surface area contributed by atoms with Gasteiger partial charge in [-0.3, -0.25) is 13.8 Å². The molecule has 0 spiro atoms. The maximum absolute atomic E-state index is 12.9. The zero-order valence-electron chi connectivity index (χ0n) is 38.6. The molecule has 3 unspecified atom stereocenters. The molecule has 1 amide bonds. The second-order valence-corrected chi connectivity index (χ2v) is 19.6. The number of amides is 1. The Morgan fingerprint density at radius 3 is 1.35 bits per heavy atom. The van der Waals surface area contributed by atoms with Crippen LogP contribution in [-0.4, -0.2) is 73.4 Å². The number of phosphoric acid groups is 1. The number of phosphoric ester groups is 1. The van der Waals surface area contributed by atoms with E-state index in [1.807, 2.05) is 21.1 Å². The number of unbranched alkanes of at least 4 members (excludes halogenated alkanes) is 30. The lowest BCUT2D eigenvalue weighted by atomic mass is 10.0. The molecule has 8 nitrogen and oxygen atoms in total. The van der Waals surface area contributed by atoms with Crippen LogP contribution in [0.1, 0.15) is 239 Å². The van der Waals surface area contributed by atoms with Gasteiger partial charge in [-0.2, -0.15) is 0 Å². The first-order valence-electron chi connectivity index (χ1n) is 24.6. The molecule has 0 rings (SSSR count). The van der Waals surface area contributed by atoms with Crippen molar-refractivity contribution in [2.24, 2.45) is 0 Å². The topological polar surface area (TPSA) is 105 Å². The third-order valence-corrected chi connectivity index (χ3v) is 12.2. The molecule has 0 heterocycles. The van der Waals surface area contributed by atoms with Crippen molar-refractivity contribution in [3.63, 3.8) is 0 Å². The van der Waals surface area contributed by atoms with Crippen molar-refractivity contribution in [3.8, 4) is 0 Å². The summed E-state index contributed by atoms with van der Waals surface area (Å²) in [4.78, 5) is 23.2. The number of nitrogens with one attached hydrogen (secondary N) is 1. The minimum Gasteiger partial charge on any atom is -0.391 e. The molecule has 0 saturated heterocycles. The highest BCUT2D eigenvalue weighted by molar-refractivity contribution is 7.47. The standard InChI is InChI=1S/C48H97N2O6P/c1-6-8-10-12-14-16-18-20-22-23-24-25-26-28-30-32-34-36-38-40-42-48(52)49-46(45-56-57(53,54)55-44-43-50(3,4)5)47(51)41-39-37-35-33-31-29-27-21-19-17-15-13-11-9-7-2/h24-25,46-47,51H,6-23,26-45H2,1-5H3,(H-,49,52,53,54)/p+1/b25-24-. The molecule has 0 aromatic rings. The average molecular weight is 830 g/mol. The van der Waals surface area contributed by atoms with Crippen molar-refractivity contribution in [2.45, 2.75) is 251 Å². The molecule has 0 radical (unpaired) electrons. The summed E-state index contributed by atoms with van der Waals surface area (Å²) in [6.07, 6.45) is 46.7. The summed E-state index contributed by atoms with van der Waals surface area (Å²) in [6, 6.07) is -0.759. The number of aliphatic hydroxyl groups excluding tert-OH is 1. The molecule has 3 N–H and O–H groups in total. The van der Waals surface area contributed by atoms with Crippen molar-refractivity contribution in [3.05, 3.63) is 12.2 Å². The molecule has 0 aliphatic heterocycles. The maximum Gasteiger partial charge on any atom is 0.472 e. The van der Waals surface area contributed by atoms with Crippen molar-refractivity contribution in [1.82, 2.24) is 5.32 Å². The number of carbonyl (C=O) groups excluding carboxylic acids is 1. The summed E-state index contributed by atoms with van der Waals surface area (Å²) in [5.41, 5.74) is 0. The second-order valence-electron chi connectivity index (χ2n) is 18.2. The van der Waals surface area contributed by atoms with Crippen LogP contribution in [0.15, 0.2) is 12.2 Å². The van der Waals surface area contributed by atoms with Crippen LogP contribution in [0.4, 0.5) is 0 Å². The number of likely N-dealkylation sites (N-methyl/N-ethyl adjacent to an activating group) is 1. The lowest BCUT2D eigenvalue weighted by molar-refractivity contribution is -0.870. The van der Waals surface area contributed by atoms with Crippen molar-refractivity contribution < 1.29 is 32.9 Å². The first-order chi connectivity index (χ1) is 27.5. The Morgan fingerprint density at radius 2 is 0.947 bits per heavy atom. The number of quaternary nitrogens is 1. The molecule has 0 bridgehead atoms. The van der Waals surface area contributed by atoms with Crippen LogP contribution in [0.3, 0.4) is 0 Å². The van der Waals surface area contributed by atoms with Gasteiger partial charge in [0.15, 0.2) is 0 Å². The minimum atomic E-state index is -4.31. The van der Waals surface area contributed by atoms with Gasteiger partial charge in [-0.15, -0.1) is 0 Å². The van der Waals surface area contributed by atoms with E-state index >= 15 is 0 Å². The van der Waals surface area contributed by atoms with Crippen LogP contribution in [-0.2, 0) is 18.4 Å². The summed E-state index contributed by atoms with van der Waals surface area (Å²) >= 11 is 0. The molecule has 0 aromatic heterocycles. The quantitative estimate of drug-likeness (QED) is 0.0244. The lowest BCUT2D eigenvalue weighted by Gasteiger charge is -2.26. The summed E-state index contributed by atoms with van der Waals surface area (Å²) in [5, 5.41) is 14.0. The van der Waals surface area contributed by atoms with Crippen LogP contribution in [0, 0.1) is 0 Å². The largest absolute Gasteiger partial charge is 0.472 e. The van der Waals surface area contributed by atoms with Gasteiger partial charge in [0.1, 0.15) is 13.2 Å². The Hall–Kier alpha value is -0.760. The van der Waals surface area contributed by atoms with Gasteiger partial charge in [0, 0.05) is 6.42 Å². The summed E-state index contributed by atoms with van der Waals surface area (Å²) in [6.45, 7) is 4.91. The van der Waals surface area contributed by atoms with Crippen LogP contribution in [0.2, 0.25) is 0 Å². The zero-order valence-corrected chi connectivity index (χ0v) is 39.5. The SMILES string of the molecule is CCCCCCCCCCC/C=C\CCCCCCCCCC(=O)NC(COP(=O)(O)OCC[N+](C)(C)C)C(O)CCCCCCCCCCCCCCCCC. The maximum atomic E-state index is 12.9. The number of hydrogen-bond acceptors (Lipinski definition) is 5. The predicted molar refractivity (Wildman–Crippen MR) is 245 cm³/mol. The van der Waals surface area contributed by atoms with E-state index in [4.69, 9.17) is 9.05 Å². The second kappa shape index (κ2) is 40.6. The van der Waals surface area contributed by atoms with E-state index in [0.717, 1.165) is 38.5 Å². The van der Waals surface area contributed by atoms with Crippen LogP contribution >= 0.6 is 7.82 Å². The smallest absolute Gasteiger partial charge is 0.391 e. The highest BCUT2D eigenvalue weighted by Gasteiger charge is 2.28. The summed E-state index contributed by atoms with van der Waals surface area (Å²) in [7, 11) is 1.62. The third-order valence-electron chi connectivity index (χ3n) is 11.3. The lowest BCUT2D eigenvalue weighted by Crippen LogP contribution is -2.46. The van der Waals surface area contributed by atoms with Gasteiger partial charge < -0.3 is 19.8 Å². The van der Waals surface area contributed by atoms with Crippen LogP contribution in [0.25, 0.3) is 0 Å².